The van der Waals surface area contributed by atoms with Gasteiger partial charge in [-0.2, -0.15) is 23.7 Å². The summed E-state index contributed by atoms with van der Waals surface area (Å²) in [6.07, 6.45) is -4.68. The van der Waals surface area contributed by atoms with Crippen molar-refractivity contribution < 1.29 is 13.2 Å². The molecule has 2 aromatic heterocycles. The molecule has 10 aromatic carbocycles. The number of aryl methyl sites for hydroxylation is 4. The van der Waals surface area contributed by atoms with E-state index < -0.39 is 11.7 Å². The van der Waals surface area contributed by atoms with Crippen molar-refractivity contribution in [2.75, 3.05) is 0 Å². The molecule has 0 aliphatic carbocycles. The standard InChI is InChI=1S/C67H45F3N4/c1-40-13-5-9-17-51(40)44-21-26-56-57-27-22-45(52-18-10-6-14-41(52)2)33-62(57)73(61(56)32-44)65-36-48(55-30-25-50(67(68,69)70)31-49(55)38-71)37-66(60(65)39-72)74-63-34-46(53-19-11-7-15-42(53)3)23-28-58(63)59-29-24-47(35-64(59)74)54-20-12-8-16-43(54)4/h5-37H,1-4H3. The quantitative estimate of drug-likeness (QED) is 0.160. The highest BCUT2D eigenvalue weighted by Gasteiger charge is 2.32. The topological polar surface area (TPSA) is 57.4 Å². The molecule has 0 N–H and O–H groups in total. The lowest BCUT2D eigenvalue weighted by atomic mass is 9.95. The molecule has 74 heavy (non-hydrogen) atoms. The van der Waals surface area contributed by atoms with Crippen molar-refractivity contribution in [3.05, 3.63) is 239 Å². The van der Waals surface area contributed by atoms with Crippen LogP contribution in [0.15, 0.2) is 200 Å². The molecule has 0 spiro atoms. The first-order chi connectivity index (χ1) is 35.9. The van der Waals surface area contributed by atoms with Gasteiger partial charge in [-0.05, 0) is 154 Å². The highest BCUT2D eigenvalue weighted by atomic mass is 19.4. The fraction of sp³-hybridized carbons (Fsp3) is 0.0746. The van der Waals surface area contributed by atoms with Crippen molar-refractivity contribution >= 4 is 43.6 Å². The van der Waals surface area contributed by atoms with E-state index in [1.54, 1.807) is 0 Å². The van der Waals surface area contributed by atoms with Crippen molar-refractivity contribution in [2.45, 2.75) is 33.9 Å². The van der Waals surface area contributed by atoms with Gasteiger partial charge in [0, 0.05) is 21.5 Å². The van der Waals surface area contributed by atoms with Crippen LogP contribution >= 0.6 is 0 Å². The molecule has 0 bridgehead atoms. The summed E-state index contributed by atoms with van der Waals surface area (Å²) in [6, 6.07) is 70.6. The van der Waals surface area contributed by atoms with Crippen LogP contribution in [0.5, 0.6) is 0 Å². The van der Waals surface area contributed by atoms with E-state index in [1.807, 2.05) is 60.7 Å². The first-order valence-electron chi connectivity index (χ1n) is 24.5. The molecule has 0 radical (unpaired) electrons. The zero-order valence-corrected chi connectivity index (χ0v) is 41.0. The van der Waals surface area contributed by atoms with Gasteiger partial charge >= 0.3 is 6.18 Å². The zero-order chi connectivity index (χ0) is 51.0. The number of hydrogen-bond donors (Lipinski definition) is 0. The summed E-state index contributed by atoms with van der Waals surface area (Å²) in [7, 11) is 0. The summed E-state index contributed by atoms with van der Waals surface area (Å²) < 4.78 is 47.5. The maximum Gasteiger partial charge on any atom is 0.416 e. The molecule has 0 amide bonds. The van der Waals surface area contributed by atoms with E-state index in [0.29, 0.717) is 28.1 Å². The summed E-state index contributed by atoms with van der Waals surface area (Å²) in [4.78, 5) is 0. The highest BCUT2D eigenvalue weighted by molar-refractivity contribution is 6.13. The van der Waals surface area contributed by atoms with E-state index in [4.69, 9.17) is 0 Å². The number of fused-ring (bicyclic) bond motifs is 6. The molecule has 0 saturated carbocycles. The van der Waals surface area contributed by atoms with Gasteiger partial charge in [-0.15, -0.1) is 0 Å². The van der Waals surface area contributed by atoms with Crippen LogP contribution in [0.4, 0.5) is 13.2 Å². The number of alkyl halides is 3. The molecule has 0 aliphatic heterocycles. The van der Waals surface area contributed by atoms with E-state index in [-0.39, 0.29) is 5.56 Å². The third-order valence-electron chi connectivity index (χ3n) is 14.8. The Morgan fingerprint density at radius 3 is 0.986 bits per heavy atom. The third kappa shape index (κ3) is 7.52. The Hall–Kier alpha value is -9.43. The minimum atomic E-state index is -4.68. The molecule has 0 saturated heterocycles. The number of rotatable bonds is 7. The Bertz CT molecular complexity index is 3940. The molecular weight excluding hydrogens is 918 g/mol. The van der Waals surface area contributed by atoms with Crippen LogP contribution in [-0.4, -0.2) is 9.13 Å². The molecular formula is C67H45F3N4. The molecule has 12 rings (SSSR count). The van der Waals surface area contributed by atoms with E-state index in [2.05, 4.69) is 170 Å². The van der Waals surface area contributed by atoms with Gasteiger partial charge in [0.25, 0.3) is 0 Å². The molecule has 7 heteroatoms. The number of aromatic nitrogens is 2. The number of halogens is 3. The number of nitriles is 2. The molecule has 354 valence electrons. The maximum absolute atomic E-state index is 14.4. The lowest BCUT2D eigenvalue weighted by Crippen LogP contribution is -2.07. The van der Waals surface area contributed by atoms with Crippen LogP contribution in [-0.2, 0) is 6.18 Å². The van der Waals surface area contributed by atoms with Gasteiger partial charge in [0.1, 0.15) is 11.6 Å². The number of nitrogens with zero attached hydrogens (tertiary/aromatic N) is 4. The predicted molar refractivity (Wildman–Crippen MR) is 296 cm³/mol. The monoisotopic (exact) mass is 962 g/mol. The van der Waals surface area contributed by atoms with E-state index in [9.17, 15) is 23.7 Å². The Morgan fingerprint density at radius 1 is 0.351 bits per heavy atom. The van der Waals surface area contributed by atoms with Crippen molar-refractivity contribution in [3.8, 4) is 79.1 Å². The van der Waals surface area contributed by atoms with E-state index in [0.717, 1.165) is 123 Å². The SMILES string of the molecule is Cc1ccccc1-c1ccc2c3ccc(-c4ccccc4C)cc3n(-c3cc(-c4ccc(C(F)(F)F)cc4C#N)cc(-n4c5cc(-c6ccccc6C)ccc5c5ccc(-c6ccccc6C)cc54)c3C#N)c2c1. The van der Waals surface area contributed by atoms with E-state index in [1.165, 1.54) is 6.07 Å². The molecule has 12 aromatic rings. The highest BCUT2D eigenvalue weighted by Crippen LogP contribution is 2.45. The first kappa shape index (κ1) is 45.7. The first-order valence-corrected chi connectivity index (χ1v) is 24.5. The zero-order valence-electron chi connectivity index (χ0n) is 41.0. The second kappa shape index (κ2) is 17.7. The summed E-state index contributed by atoms with van der Waals surface area (Å²) in [5, 5.41) is 26.5. The molecule has 4 nitrogen and oxygen atoms in total. The van der Waals surface area contributed by atoms with E-state index >= 15 is 0 Å². The number of hydrogen-bond acceptors (Lipinski definition) is 2. The largest absolute Gasteiger partial charge is 0.416 e. The van der Waals surface area contributed by atoms with Gasteiger partial charge < -0.3 is 9.13 Å². The second-order valence-corrected chi connectivity index (χ2v) is 19.2. The van der Waals surface area contributed by atoms with Crippen LogP contribution in [0.1, 0.15) is 38.9 Å². The Kier molecular flexibility index (Phi) is 10.9. The van der Waals surface area contributed by atoms with Gasteiger partial charge in [0.05, 0.1) is 50.6 Å². The summed E-state index contributed by atoms with van der Waals surface area (Å²) >= 11 is 0. The molecule has 0 unspecified atom stereocenters. The van der Waals surface area contributed by atoms with Crippen LogP contribution in [0.3, 0.4) is 0 Å². The Morgan fingerprint density at radius 2 is 0.689 bits per heavy atom. The predicted octanol–water partition coefficient (Wildman–Crippen LogP) is 18.2. The van der Waals surface area contributed by atoms with Crippen LogP contribution in [0, 0.1) is 50.4 Å². The molecule has 0 fully saturated rings. The van der Waals surface area contributed by atoms with Gasteiger partial charge in [0.15, 0.2) is 0 Å². The summed E-state index contributed by atoms with van der Waals surface area (Å²) in [5.41, 5.74) is 17.0. The van der Waals surface area contributed by atoms with Crippen LogP contribution < -0.4 is 0 Å². The van der Waals surface area contributed by atoms with Gasteiger partial charge in [-0.25, -0.2) is 0 Å². The smallest absolute Gasteiger partial charge is 0.308 e. The molecule has 0 aliphatic rings. The van der Waals surface area contributed by atoms with Crippen molar-refractivity contribution in [1.29, 1.82) is 10.5 Å². The molecule has 0 atom stereocenters. The van der Waals surface area contributed by atoms with Gasteiger partial charge in [0.2, 0.25) is 0 Å². The van der Waals surface area contributed by atoms with Gasteiger partial charge in [-0.3, -0.25) is 0 Å². The fourth-order valence-corrected chi connectivity index (χ4v) is 11.1. The Labute approximate surface area is 426 Å². The number of benzene rings is 10. The Balaban J connectivity index is 1.26. The van der Waals surface area contributed by atoms with Crippen molar-refractivity contribution in [1.82, 2.24) is 9.13 Å². The minimum Gasteiger partial charge on any atom is -0.308 e. The van der Waals surface area contributed by atoms with Gasteiger partial charge in [-0.1, -0.05) is 152 Å². The summed E-state index contributed by atoms with van der Waals surface area (Å²) in [6.45, 7) is 8.35. The van der Waals surface area contributed by atoms with Crippen LogP contribution in [0.2, 0.25) is 0 Å². The second-order valence-electron chi connectivity index (χ2n) is 19.2. The normalized spacial score (nSPS) is 11.7. The van der Waals surface area contributed by atoms with Crippen molar-refractivity contribution in [2.24, 2.45) is 0 Å². The average molecular weight is 963 g/mol. The van der Waals surface area contributed by atoms with Crippen molar-refractivity contribution in [3.63, 3.8) is 0 Å². The lowest BCUT2D eigenvalue weighted by molar-refractivity contribution is -0.137. The minimum absolute atomic E-state index is 0.141. The third-order valence-corrected chi connectivity index (χ3v) is 14.8. The average Bonchev–Trinajstić information content (AvgIpc) is 3.92. The van der Waals surface area contributed by atoms with Crippen LogP contribution in [0.25, 0.3) is 111 Å². The fourth-order valence-electron chi connectivity index (χ4n) is 11.1. The summed E-state index contributed by atoms with van der Waals surface area (Å²) in [5.74, 6) is 0. The maximum atomic E-state index is 14.4. The lowest BCUT2D eigenvalue weighted by Gasteiger charge is -2.20. The molecule has 2 heterocycles.